The van der Waals surface area contributed by atoms with E-state index >= 15 is 0 Å². The summed E-state index contributed by atoms with van der Waals surface area (Å²) >= 11 is 7.22. The van der Waals surface area contributed by atoms with Crippen molar-refractivity contribution in [2.24, 2.45) is 0 Å². The van der Waals surface area contributed by atoms with Crippen molar-refractivity contribution in [1.82, 2.24) is 9.47 Å². The number of benzene rings is 3. The Balaban J connectivity index is 1.17. The van der Waals surface area contributed by atoms with E-state index in [0.29, 0.717) is 25.9 Å². The van der Waals surface area contributed by atoms with Gasteiger partial charge in [-0.05, 0) is 55.5 Å². The number of hydrogen-bond donors (Lipinski definition) is 1. The summed E-state index contributed by atoms with van der Waals surface area (Å²) in [6, 6.07) is 19.2. The van der Waals surface area contributed by atoms with E-state index in [1.54, 1.807) is 0 Å². The maximum absolute atomic E-state index is 11.2. The molecule has 8 heteroatoms. The van der Waals surface area contributed by atoms with Crippen LogP contribution in [0.15, 0.2) is 63.5 Å². The van der Waals surface area contributed by atoms with Crippen LogP contribution in [0.3, 0.4) is 0 Å². The fourth-order valence-electron chi connectivity index (χ4n) is 5.37. The van der Waals surface area contributed by atoms with Crippen LogP contribution < -0.4 is 14.4 Å². The minimum Gasteiger partial charge on any atom is -0.454 e. The van der Waals surface area contributed by atoms with Crippen LogP contribution in [0.5, 0.6) is 11.5 Å². The highest BCUT2D eigenvalue weighted by molar-refractivity contribution is 9.10. The van der Waals surface area contributed by atoms with Crippen molar-refractivity contribution >= 4 is 59.4 Å². The molecule has 0 bridgehead atoms. The molecule has 1 N–H and O–H groups in total. The predicted molar refractivity (Wildman–Crippen MR) is 147 cm³/mol. The number of piperazine rings is 1. The number of ether oxygens (including phenoxy) is 2. The zero-order chi connectivity index (χ0) is 24.1. The van der Waals surface area contributed by atoms with Gasteiger partial charge < -0.3 is 24.0 Å². The molecule has 6 nitrogen and oxygen atoms in total. The zero-order valence-electron chi connectivity index (χ0n) is 19.5. The molecule has 182 valence electrons. The average Bonchev–Trinajstić information content (AvgIpc) is 3.42. The van der Waals surface area contributed by atoms with Crippen molar-refractivity contribution in [3.8, 4) is 11.5 Å². The van der Waals surface area contributed by atoms with Crippen molar-refractivity contribution in [1.29, 1.82) is 0 Å². The Kier molecular flexibility index (Phi) is 6.16. The van der Waals surface area contributed by atoms with Crippen molar-refractivity contribution in [3.63, 3.8) is 0 Å². The molecule has 2 aliphatic heterocycles. The molecule has 3 aromatic carbocycles. The average molecular weight is 601 g/mol. The standard InChI is InChI=1S/C27H27Br2N3O3/c1-17-13-31(20-4-7-26-27(12-20)35-16-34-26)9-8-30(17)14-21(33)15-32-24-5-2-18(28)10-22(24)23-11-19(29)3-6-25(23)32/h2-7,10-12,17,21,33H,8-9,13-16H2,1H3. The van der Waals surface area contributed by atoms with Gasteiger partial charge >= 0.3 is 0 Å². The number of hydrogen-bond acceptors (Lipinski definition) is 5. The van der Waals surface area contributed by atoms with Crippen molar-refractivity contribution < 1.29 is 14.6 Å². The fraction of sp³-hybridized carbons (Fsp3) is 0.333. The lowest BCUT2D eigenvalue weighted by molar-refractivity contribution is 0.0754. The minimum absolute atomic E-state index is 0.293. The van der Waals surface area contributed by atoms with Gasteiger partial charge in [0.15, 0.2) is 11.5 Å². The quantitative estimate of drug-likeness (QED) is 0.322. The third-order valence-electron chi connectivity index (χ3n) is 7.11. The third-order valence-corrected chi connectivity index (χ3v) is 8.10. The molecule has 0 radical (unpaired) electrons. The van der Waals surface area contributed by atoms with Crippen molar-refractivity contribution in [2.75, 3.05) is 37.9 Å². The van der Waals surface area contributed by atoms with E-state index in [2.05, 4.69) is 102 Å². The molecule has 0 aliphatic carbocycles. The van der Waals surface area contributed by atoms with Gasteiger partial charge in [-0.1, -0.05) is 31.9 Å². The number of halogens is 2. The van der Waals surface area contributed by atoms with Gasteiger partial charge in [0, 0.05) is 74.7 Å². The van der Waals surface area contributed by atoms with Crippen LogP contribution in [0.2, 0.25) is 0 Å². The number of fused-ring (bicyclic) bond motifs is 4. The Morgan fingerprint density at radius 1 is 0.886 bits per heavy atom. The second-order valence-electron chi connectivity index (χ2n) is 9.41. The van der Waals surface area contributed by atoms with E-state index < -0.39 is 6.10 Å². The summed E-state index contributed by atoms with van der Waals surface area (Å²) in [5, 5.41) is 13.6. The molecule has 1 saturated heterocycles. The molecule has 0 saturated carbocycles. The monoisotopic (exact) mass is 599 g/mol. The van der Waals surface area contributed by atoms with Crippen LogP contribution in [0.4, 0.5) is 5.69 Å². The number of aliphatic hydroxyl groups excluding tert-OH is 1. The summed E-state index contributed by atoms with van der Waals surface area (Å²) < 4.78 is 15.4. The Hall–Kier alpha value is -2.26. The van der Waals surface area contributed by atoms with E-state index in [1.807, 2.05) is 6.07 Å². The van der Waals surface area contributed by atoms with Crippen molar-refractivity contribution in [2.45, 2.75) is 25.6 Å². The topological polar surface area (TPSA) is 50.1 Å². The second-order valence-corrected chi connectivity index (χ2v) is 11.2. The molecule has 2 aliphatic rings. The van der Waals surface area contributed by atoms with Crippen LogP contribution in [-0.4, -0.2) is 59.7 Å². The van der Waals surface area contributed by atoms with E-state index in [9.17, 15) is 5.11 Å². The van der Waals surface area contributed by atoms with Crippen LogP contribution in [0, 0.1) is 0 Å². The summed E-state index contributed by atoms with van der Waals surface area (Å²) in [4.78, 5) is 4.79. The Morgan fingerprint density at radius 2 is 1.57 bits per heavy atom. The first-order valence-corrected chi connectivity index (χ1v) is 13.5. The number of aliphatic hydroxyl groups is 1. The van der Waals surface area contributed by atoms with E-state index in [0.717, 1.165) is 56.8 Å². The normalized spacial score (nSPS) is 19.1. The lowest BCUT2D eigenvalue weighted by Gasteiger charge is -2.41. The molecule has 4 aromatic rings. The van der Waals surface area contributed by atoms with Crippen molar-refractivity contribution in [3.05, 3.63) is 63.5 Å². The van der Waals surface area contributed by atoms with Crippen LogP contribution in [0.25, 0.3) is 21.8 Å². The fourth-order valence-corrected chi connectivity index (χ4v) is 6.09. The third kappa shape index (κ3) is 4.42. The van der Waals surface area contributed by atoms with E-state index in [4.69, 9.17) is 9.47 Å². The summed E-state index contributed by atoms with van der Waals surface area (Å²) in [6.07, 6.45) is -0.472. The molecule has 6 rings (SSSR count). The minimum atomic E-state index is -0.472. The van der Waals surface area contributed by atoms with Crippen LogP contribution in [-0.2, 0) is 6.54 Å². The number of rotatable bonds is 5. The van der Waals surface area contributed by atoms with Gasteiger partial charge in [-0.25, -0.2) is 0 Å². The van der Waals surface area contributed by atoms with Gasteiger partial charge in [-0.2, -0.15) is 0 Å². The molecule has 2 atom stereocenters. The van der Waals surface area contributed by atoms with Crippen LogP contribution >= 0.6 is 31.9 Å². The van der Waals surface area contributed by atoms with Gasteiger partial charge in [-0.15, -0.1) is 0 Å². The molecular formula is C27H27Br2N3O3. The maximum atomic E-state index is 11.2. The maximum Gasteiger partial charge on any atom is 0.231 e. The predicted octanol–water partition coefficient (Wildman–Crippen LogP) is 5.62. The Labute approximate surface area is 221 Å². The van der Waals surface area contributed by atoms with Gasteiger partial charge in [-0.3, -0.25) is 4.90 Å². The van der Waals surface area contributed by atoms with Gasteiger partial charge in [0.25, 0.3) is 0 Å². The first-order valence-electron chi connectivity index (χ1n) is 11.9. The number of anilines is 1. The summed E-state index contributed by atoms with van der Waals surface area (Å²) in [5.41, 5.74) is 3.44. The lowest BCUT2D eigenvalue weighted by atomic mass is 10.1. The summed E-state index contributed by atoms with van der Waals surface area (Å²) in [7, 11) is 0. The SMILES string of the molecule is CC1CN(c2ccc3c(c2)OCO3)CCN1CC(O)Cn1c2ccc(Br)cc2c2cc(Br)ccc21. The molecular weight excluding hydrogens is 574 g/mol. The van der Waals surface area contributed by atoms with Gasteiger partial charge in [0.2, 0.25) is 6.79 Å². The molecule has 3 heterocycles. The molecule has 0 amide bonds. The molecule has 2 unspecified atom stereocenters. The second kappa shape index (κ2) is 9.32. The molecule has 1 aromatic heterocycles. The highest BCUT2D eigenvalue weighted by atomic mass is 79.9. The smallest absolute Gasteiger partial charge is 0.231 e. The molecule has 35 heavy (non-hydrogen) atoms. The molecule has 1 fully saturated rings. The van der Waals surface area contributed by atoms with Gasteiger partial charge in [0.1, 0.15) is 0 Å². The highest BCUT2D eigenvalue weighted by Gasteiger charge is 2.27. The van der Waals surface area contributed by atoms with E-state index in [-0.39, 0.29) is 0 Å². The van der Waals surface area contributed by atoms with Crippen LogP contribution in [0.1, 0.15) is 6.92 Å². The number of β-amino-alcohol motifs (C(OH)–C–C–N with tert-alkyl or cyclic N) is 1. The Morgan fingerprint density at radius 3 is 2.26 bits per heavy atom. The first kappa shape index (κ1) is 23.2. The van der Waals surface area contributed by atoms with E-state index in [1.165, 1.54) is 10.8 Å². The lowest BCUT2D eigenvalue weighted by Crippen LogP contribution is -2.54. The highest BCUT2D eigenvalue weighted by Crippen LogP contribution is 2.36. The summed E-state index contributed by atoms with van der Waals surface area (Å²) in [5.74, 6) is 1.63. The largest absolute Gasteiger partial charge is 0.454 e. The van der Waals surface area contributed by atoms with Gasteiger partial charge in [0.05, 0.1) is 12.6 Å². The number of nitrogens with zero attached hydrogens (tertiary/aromatic N) is 3. The zero-order valence-corrected chi connectivity index (χ0v) is 22.6. The Bertz CT molecular complexity index is 1350. The number of aromatic nitrogens is 1. The summed E-state index contributed by atoms with van der Waals surface area (Å²) in [6.45, 7) is 6.45. The molecule has 0 spiro atoms. The first-order chi connectivity index (χ1) is 17.0.